The lowest BCUT2D eigenvalue weighted by Gasteiger charge is -2.06. The summed E-state index contributed by atoms with van der Waals surface area (Å²) in [6.45, 7) is 0.424. The van der Waals surface area contributed by atoms with Crippen LogP contribution in [0.5, 0.6) is 0 Å². The number of fused-ring (bicyclic) bond motifs is 1. The molecule has 5 nitrogen and oxygen atoms in total. The molecule has 0 atom stereocenters. The minimum absolute atomic E-state index is 0.120. The van der Waals surface area contributed by atoms with Crippen LogP contribution in [0.1, 0.15) is 18.4 Å². The van der Waals surface area contributed by atoms with Crippen LogP contribution in [0.2, 0.25) is 0 Å². The number of anilines is 1. The van der Waals surface area contributed by atoms with Crippen molar-refractivity contribution in [2.45, 2.75) is 19.4 Å². The Balaban J connectivity index is 1.59. The Morgan fingerprint density at radius 1 is 1.21 bits per heavy atom. The number of hydrogen-bond acceptors (Lipinski definition) is 3. The number of nitrogens with zero attached hydrogens (tertiary/aromatic N) is 1. The minimum atomic E-state index is -0.404. The van der Waals surface area contributed by atoms with E-state index in [0.29, 0.717) is 36.2 Å². The first-order valence-electron chi connectivity index (χ1n) is 7.62. The fourth-order valence-electron chi connectivity index (χ4n) is 2.53. The van der Waals surface area contributed by atoms with Crippen LogP contribution in [0.15, 0.2) is 57.7 Å². The number of hydrogen-bond donors (Lipinski definition) is 1. The van der Waals surface area contributed by atoms with E-state index in [1.54, 1.807) is 34.9 Å². The van der Waals surface area contributed by atoms with Crippen LogP contribution in [-0.2, 0) is 11.3 Å². The number of carbonyl (C=O) groups is 1. The van der Waals surface area contributed by atoms with Gasteiger partial charge in [0, 0.05) is 24.2 Å². The van der Waals surface area contributed by atoms with Crippen molar-refractivity contribution in [2.75, 3.05) is 5.32 Å². The first kappa shape index (κ1) is 15.6. The first-order chi connectivity index (χ1) is 11.7. The van der Waals surface area contributed by atoms with E-state index in [9.17, 15) is 9.59 Å². The fraction of sp³-hybridized carbons (Fsp3) is 0.158. The van der Waals surface area contributed by atoms with Gasteiger partial charge >= 0.3 is 5.76 Å². The number of amides is 1. The van der Waals surface area contributed by atoms with Gasteiger partial charge < -0.3 is 9.73 Å². The molecule has 0 aliphatic heterocycles. The zero-order chi connectivity index (χ0) is 16.9. The molecule has 0 aliphatic carbocycles. The van der Waals surface area contributed by atoms with Gasteiger partial charge in [-0.05, 0) is 36.8 Å². The first-order valence-corrected chi connectivity index (χ1v) is 7.62. The Labute approximate surface area is 138 Å². The third-order valence-electron chi connectivity index (χ3n) is 3.67. The van der Waals surface area contributed by atoms with Gasteiger partial charge in [0.05, 0.1) is 5.52 Å². The highest BCUT2D eigenvalue weighted by Gasteiger charge is 2.09. The van der Waals surface area contributed by atoms with E-state index in [0.717, 1.165) is 5.52 Å². The summed E-state index contributed by atoms with van der Waals surface area (Å²) < 4.78 is 6.71. The number of terminal acetylenes is 1. The molecule has 1 amide bonds. The molecular formula is C19H16N2O3. The quantitative estimate of drug-likeness (QED) is 0.735. The molecule has 3 rings (SSSR count). The van der Waals surface area contributed by atoms with Gasteiger partial charge in [-0.3, -0.25) is 9.36 Å². The average molecular weight is 320 g/mol. The summed E-state index contributed by atoms with van der Waals surface area (Å²) in [6.07, 6.45) is 6.17. The summed E-state index contributed by atoms with van der Waals surface area (Å²) in [6, 6.07) is 14.4. The third-order valence-corrected chi connectivity index (χ3v) is 3.67. The lowest BCUT2D eigenvalue weighted by atomic mass is 10.2. The normalized spacial score (nSPS) is 10.5. The maximum atomic E-state index is 12.0. The molecule has 1 N–H and O–H groups in total. The average Bonchev–Trinajstić information content (AvgIpc) is 2.91. The number of para-hydroxylation sites is 2. The van der Waals surface area contributed by atoms with Crippen LogP contribution in [0.25, 0.3) is 11.1 Å². The van der Waals surface area contributed by atoms with Crippen molar-refractivity contribution in [2.24, 2.45) is 0 Å². The van der Waals surface area contributed by atoms with Crippen LogP contribution in [-0.4, -0.2) is 10.5 Å². The summed E-state index contributed by atoms with van der Waals surface area (Å²) in [5.74, 6) is 2.00. The van der Waals surface area contributed by atoms with Crippen LogP contribution in [0.3, 0.4) is 0 Å². The van der Waals surface area contributed by atoms with Gasteiger partial charge in [0.15, 0.2) is 5.58 Å². The molecule has 0 saturated heterocycles. The number of oxazole rings is 1. The SMILES string of the molecule is C#Cc1cccc(NC(=O)CCCn2c(=O)oc3ccccc32)c1. The highest BCUT2D eigenvalue weighted by molar-refractivity contribution is 5.90. The predicted molar refractivity (Wildman–Crippen MR) is 92.7 cm³/mol. The summed E-state index contributed by atoms with van der Waals surface area (Å²) in [7, 11) is 0. The standard InChI is InChI=1S/C19H16N2O3/c1-2-14-7-5-8-15(13-14)20-18(22)11-6-12-21-16-9-3-4-10-17(16)24-19(21)23/h1,3-5,7-10,13H,6,11-12H2,(H,20,22). The maximum absolute atomic E-state index is 12.0. The van der Waals surface area contributed by atoms with E-state index in [1.807, 2.05) is 18.2 Å². The molecule has 0 unspecified atom stereocenters. The number of nitrogens with one attached hydrogen (secondary N) is 1. The van der Waals surface area contributed by atoms with Crippen LogP contribution in [0, 0.1) is 12.3 Å². The molecular weight excluding hydrogens is 304 g/mol. The van der Waals surface area contributed by atoms with Crippen molar-refractivity contribution in [1.29, 1.82) is 0 Å². The van der Waals surface area contributed by atoms with E-state index in [4.69, 9.17) is 10.8 Å². The van der Waals surface area contributed by atoms with E-state index < -0.39 is 5.76 Å². The topological polar surface area (TPSA) is 64.2 Å². The van der Waals surface area contributed by atoms with Crippen molar-refractivity contribution in [3.8, 4) is 12.3 Å². The van der Waals surface area contributed by atoms with E-state index in [-0.39, 0.29) is 5.91 Å². The molecule has 0 spiro atoms. The molecule has 3 aromatic rings. The Kier molecular flexibility index (Phi) is 4.48. The highest BCUT2D eigenvalue weighted by atomic mass is 16.4. The van der Waals surface area contributed by atoms with Gasteiger partial charge in [-0.1, -0.05) is 24.1 Å². The van der Waals surface area contributed by atoms with Crippen molar-refractivity contribution < 1.29 is 9.21 Å². The van der Waals surface area contributed by atoms with Crippen LogP contribution in [0.4, 0.5) is 5.69 Å². The largest absolute Gasteiger partial charge is 0.419 e. The molecule has 1 aromatic heterocycles. The van der Waals surface area contributed by atoms with Gasteiger partial charge in [-0.15, -0.1) is 6.42 Å². The summed E-state index contributed by atoms with van der Waals surface area (Å²) in [4.78, 5) is 23.9. The Bertz CT molecular complexity index is 976. The van der Waals surface area contributed by atoms with Gasteiger partial charge in [0.2, 0.25) is 5.91 Å². The highest BCUT2D eigenvalue weighted by Crippen LogP contribution is 2.13. The van der Waals surface area contributed by atoms with Crippen molar-refractivity contribution in [3.63, 3.8) is 0 Å². The molecule has 120 valence electrons. The van der Waals surface area contributed by atoms with E-state index in [1.165, 1.54) is 0 Å². The van der Waals surface area contributed by atoms with Gasteiger partial charge in [-0.2, -0.15) is 0 Å². The molecule has 5 heteroatoms. The summed E-state index contributed by atoms with van der Waals surface area (Å²) in [5.41, 5.74) is 2.67. The zero-order valence-corrected chi connectivity index (χ0v) is 13.0. The molecule has 0 aliphatic rings. The molecule has 0 fully saturated rings. The number of aromatic nitrogens is 1. The second-order valence-electron chi connectivity index (χ2n) is 5.36. The molecule has 1 heterocycles. The molecule has 0 saturated carbocycles. The second kappa shape index (κ2) is 6.88. The Morgan fingerprint density at radius 2 is 2.04 bits per heavy atom. The van der Waals surface area contributed by atoms with Crippen LogP contribution >= 0.6 is 0 Å². The summed E-state index contributed by atoms with van der Waals surface area (Å²) >= 11 is 0. The van der Waals surface area contributed by atoms with Gasteiger partial charge in [0.25, 0.3) is 0 Å². The lowest BCUT2D eigenvalue weighted by Crippen LogP contribution is -2.17. The molecule has 24 heavy (non-hydrogen) atoms. The van der Waals surface area contributed by atoms with Crippen LogP contribution < -0.4 is 11.1 Å². The zero-order valence-electron chi connectivity index (χ0n) is 13.0. The predicted octanol–water partition coefficient (Wildman–Crippen LogP) is 2.99. The molecule has 2 aromatic carbocycles. The number of carbonyl (C=O) groups excluding carboxylic acids is 1. The van der Waals surface area contributed by atoms with Crippen molar-refractivity contribution >= 4 is 22.7 Å². The number of benzene rings is 2. The van der Waals surface area contributed by atoms with Crippen molar-refractivity contribution in [1.82, 2.24) is 4.57 Å². The van der Waals surface area contributed by atoms with Gasteiger partial charge in [0.1, 0.15) is 0 Å². The minimum Gasteiger partial charge on any atom is -0.408 e. The van der Waals surface area contributed by atoms with Crippen molar-refractivity contribution in [3.05, 3.63) is 64.6 Å². The number of rotatable bonds is 5. The third kappa shape index (κ3) is 3.39. The molecule has 0 bridgehead atoms. The lowest BCUT2D eigenvalue weighted by molar-refractivity contribution is -0.116. The Morgan fingerprint density at radius 3 is 2.88 bits per heavy atom. The summed E-state index contributed by atoms with van der Waals surface area (Å²) in [5, 5.41) is 2.80. The monoisotopic (exact) mass is 320 g/mol. The van der Waals surface area contributed by atoms with E-state index >= 15 is 0 Å². The second-order valence-corrected chi connectivity index (χ2v) is 5.36. The van der Waals surface area contributed by atoms with Gasteiger partial charge in [-0.25, -0.2) is 4.79 Å². The number of aryl methyl sites for hydroxylation is 1. The smallest absolute Gasteiger partial charge is 0.408 e. The molecule has 0 radical (unpaired) electrons. The maximum Gasteiger partial charge on any atom is 0.419 e. The Hall–Kier alpha value is -3.26. The fourth-order valence-corrected chi connectivity index (χ4v) is 2.53. The van der Waals surface area contributed by atoms with E-state index in [2.05, 4.69) is 11.2 Å².